The molecule has 2 heterocycles. The third kappa shape index (κ3) is 12.9. The van der Waals surface area contributed by atoms with E-state index in [-0.39, 0.29) is 0 Å². The highest BCUT2D eigenvalue weighted by Crippen LogP contribution is 2.35. The van der Waals surface area contributed by atoms with Gasteiger partial charge in [0.1, 0.15) is 29.8 Å². The highest BCUT2D eigenvalue weighted by molar-refractivity contribution is 5.91. The van der Waals surface area contributed by atoms with Gasteiger partial charge in [-0.15, -0.1) is 0 Å². The monoisotopic (exact) mass is 848 g/mol. The summed E-state index contributed by atoms with van der Waals surface area (Å²) in [5.74, 6) is -1.76. The quantitative estimate of drug-likeness (QED) is 0.0497. The van der Waals surface area contributed by atoms with Gasteiger partial charge in [0.15, 0.2) is 0 Å². The Labute approximate surface area is 345 Å². The minimum absolute atomic E-state index is 0.418. The molecule has 0 fully saturated rings. The maximum atomic E-state index is 13.3. The van der Waals surface area contributed by atoms with E-state index in [1.807, 2.05) is 90.1 Å². The van der Waals surface area contributed by atoms with Crippen molar-refractivity contribution in [1.29, 1.82) is 0 Å². The van der Waals surface area contributed by atoms with Crippen LogP contribution in [0.15, 0.2) is 60.9 Å². The summed E-state index contributed by atoms with van der Waals surface area (Å²) in [6.45, 7) is 16.7. The molecular weight excluding hydrogens is 795 g/mol. The molecule has 328 valence electrons. The number of hydrogen-bond acceptors (Lipinski definition) is 7. The summed E-state index contributed by atoms with van der Waals surface area (Å²) in [7, 11) is 0. The van der Waals surface area contributed by atoms with Crippen molar-refractivity contribution < 1.29 is 45.8 Å². The van der Waals surface area contributed by atoms with Crippen molar-refractivity contribution in [2.45, 2.75) is 124 Å². The lowest BCUT2D eigenvalue weighted by Gasteiger charge is -2.35. The summed E-state index contributed by atoms with van der Waals surface area (Å²) >= 11 is 0. The van der Waals surface area contributed by atoms with Crippen LogP contribution in [0.4, 0.5) is 26.3 Å². The number of aromatic amines is 2. The number of imidazole rings is 2. The number of carbonyl (C=O) groups excluding carboxylic acids is 3. The molecule has 7 N–H and O–H groups in total. The highest BCUT2D eigenvalue weighted by Gasteiger charge is 2.41. The predicted octanol–water partition coefficient (Wildman–Crippen LogP) is 8.03. The molecule has 60 heavy (non-hydrogen) atoms. The van der Waals surface area contributed by atoms with E-state index in [1.54, 1.807) is 12.4 Å². The van der Waals surface area contributed by atoms with Crippen LogP contribution in [0.1, 0.15) is 106 Å². The van der Waals surface area contributed by atoms with E-state index < -0.39 is 83.1 Å². The number of aromatic nitrogens is 4. The van der Waals surface area contributed by atoms with E-state index in [0.29, 0.717) is 23.0 Å². The Morgan fingerprint density at radius 3 is 1.32 bits per heavy atom. The topological polar surface area (TPSA) is 177 Å². The van der Waals surface area contributed by atoms with Gasteiger partial charge in [0.25, 0.3) is 0 Å². The van der Waals surface area contributed by atoms with Crippen molar-refractivity contribution in [3.63, 3.8) is 0 Å². The van der Waals surface area contributed by atoms with Gasteiger partial charge in [0, 0.05) is 0 Å². The lowest BCUT2D eigenvalue weighted by molar-refractivity contribution is -0.161. The van der Waals surface area contributed by atoms with E-state index in [9.17, 15) is 45.8 Å². The zero-order valence-corrected chi connectivity index (χ0v) is 35.3. The van der Waals surface area contributed by atoms with Gasteiger partial charge in [0.05, 0.1) is 47.8 Å². The predicted molar refractivity (Wildman–Crippen MR) is 215 cm³/mol. The number of alkyl halides is 6. The Morgan fingerprint density at radius 1 is 0.600 bits per heavy atom. The Balaban J connectivity index is 1.46. The minimum atomic E-state index is -4.71. The van der Waals surface area contributed by atoms with Gasteiger partial charge in [-0.25, -0.2) is 9.97 Å². The van der Waals surface area contributed by atoms with E-state index >= 15 is 0 Å². The summed E-state index contributed by atoms with van der Waals surface area (Å²) in [5, 5.41) is 20.1. The molecule has 18 heteroatoms. The number of benzene rings is 2. The number of rotatable bonds is 14. The highest BCUT2D eigenvalue weighted by atomic mass is 19.4. The molecule has 2 aromatic carbocycles. The average molecular weight is 849 g/mol. The van der Waals surface area contributed by atoms with E-state index in [2.05, 4.69) is 41.2 Å². The third-order valence-corrected chi connectivity index (χ3v) is 9.65. The summed E-state index contributed by atoms with van der Waals surface area (Å²) in [6.07, 6.45) is -11.3. The second kappa shape index (κ2) is 17.4. The SMILES string of the molecule is CC(C)(NC(=O)CC(F)(F)F)C(=O)N[C@H](c1ncc(-c2ccc(-c3ccc(-c4cnc([C@@H](NC(=O)C(C)(C)NC(O)CC(F)(F)F)C(C)(C)C)[nH]4)cc3)cc2)[nH]1)C(C)(C)C. The molecular formula is C42H54F6N8O4. The van der Waals surface area contributed by atoms with Crippen LogP contribution in [0, 0.1) is 10.8 Å². The van der Waals surface area contributed by atoms with Gasteiger partial charge in [-0.2, -0.15) is 26.3 Å². The van der Waals surface area contributed by atoms with Crippen molar-refractivity contribution >= 4 is 17.7 Å². The fourth-order valence-electron chi connectivity index (χ4n) is 6.34. The fourth-order valence-corrected chi connectivity index (χ4v) is 6.34. The largest absolute Gasteiger partial charge is 0.397 e. The van der Waals surface area contributed by atoms with Crippen molar-refractivity contribution in [1.82, 2.24) is 41.2 Å². The molecule has 2 aromatic heterocycles. The first-order valence-corrected chi connectivity index (χ1v) is 19.2. The van der Waals surface area contributed by atoms with Crippen molar-refractivity contribution in [3.05, 3.63) is 72.6 Å². The third-order valence-electron chi connectivity index (χ3n) is 9.65. The standard InChI is InChI=1S/C42H54F6N8O4/c1-37(2,3)31(53-35(59)39(7,8)55-29(57)19-41(43,44)45)33-49-21-27(51-33)25-15-11-23(12-16-25)24-13-17-26(18-14-24)28-22-50-34(52-28)32(38(4,5)6)54-36(60)40(9,10)56-30(58)20-42(46,47)48/h11-18,21-22,29,31-32,55,57H,19-20H2,1-10H3,(H,49,51)(H,50,52)(H,53,59)(H,54,60)(H,56,58)/t29?,31-,32-/m1/s1. The van der Waals surface area contributed by atoms with Crippen LogP contribution < -0.4 is 21.3 Å². The van der Waals surface area contributed by atoms with Gasteiger partial charge in [-0.05, 0) is 60.8 Å². The second-order valence-corrected chi connectivity index (χ2v) is 18.1. The van der Waals surface area contributed by atoms with Gasteiger partial charge < -0.3 is 31.0 Å². The number of aliphatic hydroxyl groups is 1. The van der Waals surface area contributed by atoms with Gasteiger partial charge >= 0.3 is 12.4 Å². The van der Waals surface area contributed by atoms with Crippen molar-refractivity contribution in [2.75, 3.05) is 0 Å². The minimum Gasteiger partial charge on any atom is -0.378 e. The number of amides is 3. The van der Waals surface area contributed by atoms with Gasteiger partial charge in [-0.1, -0.05) is 90.1 Å². The molecule has 0 saturated heterocycles. The van der Waals surface area contributed by atoms with Crippen LogP contribution in [0.25, 0.3) is 33.6 Å². The first-order chi connectivity index (χ1) is 27.3. The molecule has 0 bridgehead atoms. The van der Waals surface area contributed by atoms with Crippen molar-refractivity contribution in [3.8, 4) is 33.6 Å². The first-order valence-electron chi connectivity index (χ1n) is 19.2. The summed E-state index contributed by atoms with van der Waals surface area (Å²) < 4.78 is 76.6. The number of H-pyrrole nitrogens is 2. The molecule has 3 amide bonds. The van der Waals surface area contributed by atoms with Crippen LogP contribution >= 0.6 is 0 Å². The number of carbonyl (C=O) groups is 3. The Morgan fingerprint density at radius 2 is 0.967 bits per heavy atom. The fraction of sp³-hybridized carbons (Fsp3) is 0.500. The smallest absolute Gasteiger partial charge is 0.378 e. The number of hydrogen-bond donors (Lipinski definition) is 7. The first kappa shape index (κ1) is 47.4. The summed E-state index contributed by atoms with van der Waals surface area (Å²) in [6, 6.07) is 14.0. The molecule has 0 aliphatic carbocycles. The molecule has 12 nitrogen and oxygen atoms in total. The second-order valence-electron chi connectivity index (χ2n) is 18.1. The zero-order chi connectivity index (χ0) is 45.2. The zero-order valence-electron chi connectivity index (χ0n) is 35.3. The lowest BCUT2D eigenvalue weighted by atomic mass is 9.85. The molecule has 0 radical (unpaired) electrons. The number of nitrogens with zero attached hydrogens (tertiary/aromatic N) is 2. The summed E-state index contributed by atoms with van der Waals surface area (Å²) in [4.78, 5) is 54.0. The van der Waals surface area contributed by atoms with Crippen LogP contribution in [0.5, 0.6) is 0 Å². The molecule has 3 atom stereocenters. The molecule has 0 aliphatic heterocycles. The molecule has 1 unspecified atom stereocenters. The van der Waals surface area contributed by atoms with E-state index in [4.69, 9.17) is 0 Å². The number of aliphatic hydroxyl groups excluding tert-OH is 1. The Hall–Kier alpha value is -5.23. The Kier molecular flexibility index (Phi) is 13.8. The average Bonchev–Trinajstić information content (AvgIpc) is 3.77. The number of nitrogens with one attached hydrogen (secondary N) is 6. The molecule has 0 aliphatic rings. The van der Waals surface area contributed by atoms with Crippen LogP contribution in [-0.2, 0) is 14.4 Å². The molecule has 0 spiro atoms. The van der Waals surface area contributed by atoms with Gasteiger partial charge in [-0.3, -0.25) is 19.7 Å². The van der Waals surface area contributed by atoms with Crippen LogP contribution in [0.3, 0.4) is 0 Å². The van der Waals surface area contributed by atoms with Crippen LogP contribution in [-0.4, -0.2) is 72.4 Å². The maximum absolute atomic E-state index is 13.3. The van der Waals surface area contributed by atoms with E-state index in [1.165, 1.54) is 27.7 Å². The molecule has 4 aromatic rings. The molecule has 4 rings (SSSR count). The normalized spacial score (nSPS) is 14.6. The van der Waals surface area contributed by atoms with Crippen molar-refractivity contribution in [2.24, 2.45) is 10.8 Å². The maximum Gasteiger partial charge on any atom is 0.397 e. The Bertz CT molecular complexity index is 2110. The van der Waals surface area contributed by atoms with Gasteiger partial charge in [0.2, 0.25) is 17.7 Å². The lowest BCUT2D eigenvalue weighted by Crippen LogP contribution is -2.58. The molecule has 0 saturated carbocycles. The van der Waals surface area contributed by atoms with E-state index in [0.717, 1.165) is 22.3 Å². The summed E-state index contributed by atoms with van der Waals surface area (Å²) in [5.41, 5.74) is 0.442. The number of halogens is 6. The van der Waals surface area contributed by atoms with Crippen LogP contribution in [0.2, 0.25) is 0 Å².